The highest BCUT2D eigenvalue weighted by atomic mass is 32.1. The Morgan fingerprint density at radius 2 is 2.56 bits per heavy atom. The summed E-state index contributed by atoms with van der Waals surface area (Å²) in [5.74, 6) is 0.882. The molecular formula is C11H14N2O2S. The molecule has 0 amide bonds. The number of hydrogen-bond acceptors (Lipinski definition) is 5. The summed E-state index contributed by atoms with van der Waals surface area (Å²) in [5, 5.41) is 0.913. The molecular weight excluding hydrogens is 224 g/mol. The molecule has 2 heterocycles. The highest BCUT2D eigenvalue weighted by molar-refractivity contribution is 7.12. The molecule has 2 N–H and O–H groups in total. The van der Waals surface area contributed by atoms with Gasteiger partial charge in [-0.3, -0.25) is 0 Å². The van der Waals surface area contributed by atoms with Crippen LogP contribution in [0.5, 0.6) is 0 Å². The lowest BCUT2D eigenvalue weighted by atomic mass is 10.1. The minimum Gasteiger partial charge on any atom is -0.489 e. The van der Waals surface area contributed by atoms with E-state index in [2.05, 4.69) is 11.1 Å². The predicted molar refractivity (Wildman–Crippen MR) is 62.8 cm³/mol. The Morgan fingerprint density at radius 3 is 3.25 bits per heavy atom. The number of rotatable bonds is 5. The molecule has 0 saturated carbocycles. The molecule has 5 heteroatoms. The van der Waals surface area contributed by atoms with Gasteiger partial charge in [-0.15, -0.1) is 11.3 Å². The lowest BCUT2D eigenvalue weighted by Gasteiger charge is -2.10. The van der Waals surface area contributed by atoms with Crippen LogP contribution in [-0.2, 0) is 16.1 Å². The first-order valence-electron chi connectivity index (χ1n) is 5.29. The zero-order valence-electron chi connectivity index (χ0n) is 8.89. The Balaban J connectivity index is 1.94. The van der Waals surface area contributed by atoms with Crippen molar-refractivity contribution in [3.63, 3.8) is 0 Å². The third kappa shape index (κ3) is 2.48. The van der Waals surface area contributed by atoms with Crippen molar-refractivity contribution in [3.05, 3.63) is 22.2 Å². The summed E-state index contributed by atoms with van der Waals surface area (Å²) in [6.45, 7) is 0.465. The first kappa shape index (κ1) is 11.3. The maximum atomic E-state index is 10.3. The van der Waals surface area contributed by atoms with Crippen molar-refractivity contribution in [2.45, 2.75) is 31.9 Å². The molecule has 0 bridgehead atoms. The van der Waals surface area contributed by atoms with Gasteiger partial charge < -0.3 is 15.3 Å². The molecule has 1 aliphatic rings. The molecule has 0 fully saturated rings. The minimum atomic E-state index is 0.142. The number of carbonyl (C=O) groups excluding carboxylic acids is 1. The number of nitrogens with zero attached hydrogens (tertiary/aromatic N) is 1. The van der Waals surface area contributed by atoms with Gasteiger partial charge in [0, 0.05) is 25.6 Å². The van der Waals surface area contributed by atoms with Crippen LogP contribution in [0.3, 0.4) is 0 Å². The van der Waals surface area contributed by atoms with E-state index < -0.39 is 0 Å². The van der Waals surface area contributed by atoms with Crippen LogP contribution in [0.1, 0.15) is 29.1 Å². The van der Waals surface area contributed by atoms with Gasteiger partial charge in [-0.25, -0.2) is 4.98 Å². The lowest BCUT2D eigenvalue weighted by molar-refractivity contribution is -0.108. The van der Waals surface area contributed by atoms with Crippen LogP contribution < -0.4 is 5.73 Å². The van der Waals surface area contributed by atoms with E-state index in [9.17, 15) is 4.79 Å². The first-order valence-corrected chi connectivity index (χ1v) is 6.10. The van der Waals surface area contributed by atoms with Crippen LogP contribution in [0.4, 0.5) is 0 Å². The van der Waals surface area contributed by atoms with Crippen molar-refractivity contribution in [1.82, 2.24) is 4.98 Å². The normalized spacial score (nSPS) is 19.3. The second-order valence-electron chi connectivity index (χ2n) is 3.61. The lowest BCUT2D eigenvalue weighted by Crippen LogP contribution is -2.05. The molecule has 4 nitrogen and oxygen atoms in total. The van der Waals surface area contributed by atoms with Crippen LogP contribution in [0.15, 0.2) is 12.3 Å². The van der Waals surface area contributed by atoms with Gasteiger partial charge in [0.05, 0.1) is 4.88 Å². The third-order valence-electron chi connectivity index (χ3n) is 2.44. The fourth-order valence-corrected chi connectivity index (χ4v) is 2.40. The van der Waals surface area contributed by atoms with Gasteiger partial charge >= 0.3 is 0 Å². The fourth-order valence-electron chi connectivity index (χ4n) is 1.62. The molecule has 0 aliphatic carbocycles. The number of aromatic nitrogens is 1. The summed E-state index contributed by atoms with van der Waals surface area (Å²) in [5.41, 5.74) is 5.50. The number of aldehydes is 1. The number of thiazole rings is 1. The van der Waals surface area contributed by atoms with Crippen LogP contribution in [0, 0.1) is 0 Å². The molecule has 0 aromatic carbocycles. The van der Waals surface area contributed by atoms with E-state index in [1.165, 1.54) is 0 Å². The van der Waals surface area contributed by atoms with E-state index in [0.717, 1.165) is 34.8 Å². The summed E-state index contributed by atoms with van der Waals surface area (Å²) in [6.07, 6.45) is 7.14. The molecule has 86 valence electrons. The molecule has 1 aromatic rings. The SMILES string of the molecule is NCc1ncc(C2=CCC(CCC=O)O2)s1. The highest BCUT2D eigenvalue weighted by Gasteiger charge is 2.20. The summed E-state index contributed by atoms with van der Waals surface area (Å²) in [7, 11) is 0. The molecule has 16 heavy (non-hydrogen) atoms. The van der Waals surface area contributed by atoms with Crippen molar-refractivity contribution in [2.24, 2.45) is 5.73 Å². The highest BCUT2D eigenvalue weighted by Crippen LogP contribution is 2.31. The quantitative estimate of drug-likeness (QED) is 0.793. The number of hydrogen-bond donors (Lipinski definition) is 1. The van der Waals surface area contributed by atoms with Crippen molar-refractivity contribution >= 4 is 23.4 Å². The number of ether oxygens (including phenoxy) is 1. The molecule has 0 spiro atoms. The Morgan fingerprint density at radius 1 is 1.69 bits per heavy atom. The van der Waals surface area contributed by atoms with Gasteiger partial charge in [0.15, 0.2) is 0 Å². The van der Waals surface area contributed by atoms with Gasteiger partial charge in [0.1, 0.15) is 23.2 Å². The van der Waals surface area contributed by atoms with Gasteiger partial charge in [0.25, 0.3) is 0 Å². The standard InChI is InChI=1S/C11H14N2O2S/c12-6-11-13-7-10(16-11)9-4-3-8(15-9)2-1-5-14/h4-5,7-8H,1-3,6,12H2. The van der Waals surface area contributed by atoms with E-state index in [0.29, 0.717) is 13.0 Å². The first-order chi connectivity index (χ1) is 7.83. The Labute approximate surface area is 98.1 Å². The molecule has 0 radical (unpaired) electrons. The second kappa shape index (κ2) is 5.23. The maximum absolute atomic E-state index is 10.3. The molecule has 1 aromatic heterocycles. The van der Waals surface area contributed by atoms with Crippen LogP contribution >= 0.6 is 11.3 Å². The van der Waals surface area contributed by atoms with Gasteiger partial charge in [-0.05, 0) is 12.5 Å². The molecule has 2 rings (SSSR count). The molecule has 1 aliphatic heterocycles. The van der Waals surface area contributed by atoms with Crippen molar-refractivity contribution in [3.8, 4) is 0 Å². The van der Waals surface area contributed by atoms with Gasteiger partial charge in [0.2, 0.25) is 0 Å². The van der Waals surface area contributed by atoms with Crippen LogP contribution in [0.25, 0.3) is 5.76 Å². The Kier molecular flexibility index (Phi) is 3.69. The number of nitrogens with two attached hydrogens (primary N) is 1. The molecule has 1 unspecified atom stereocenters. The zero-order chi connectivity index (χ0) is 11.4. The van der Waals surface area contributed by atoms with Crippen molar-refractivity contribution < 1.29 is 9.53 Å². The van der Waals surface area contributed by atoms with E-state index in [1.807, 2.05) is 0 Å². The third-order valence-corrected chi connectivity index (χ3v) is 3.47. The van der Waals surface area contributed by atoms with Crippen LogP contribution in [0.2, 0.25) is 0 Å². The molecule has 0 saturated heterocycles. The average Bonchev–Trinajstić information content (AvgIpc) is 2.94. The van der Waals surface area contributed by atoms with E-state index in [4.69, 9.17) is 10.5 Å². The van der Waals surface area contributed by atoms with Crippen LogP contribution in [-0.4, -0.2) is 17.4 Å². The summed E-state index contributed by atoms with van der Waals surface area (Å²) >= 11 is 1.56. The molecule has 1 atom stereocenters. The summed E-state index contributed by atoms with van der Waals surface area (Å²) in [6, 6.07) is 0. The average molecular weight is 238 g/mol. The zero-order valence-corrected chi connectivity index (χ0v) is 9.70. The Hall–Kier alpha value is -1.20. The largest absolute Gasteiger partial charge is 0.489 e. The van der Waals surface area contributed by atoms with Crippen molar-refractivity contribution in [1.29, 1.82) is 0 Å². The van der Waals surface area contributed by atoms with E-state index >= 15 is 0 Å². The predicted octanol–water partition coefficient (Wildman–Crippen LogP) is 1.71. The summed E-state index contributed by atoms with van der Waals surface area (Å²) in [4.78, 5) is 15.5. The number of carbonyl (C=O) groups is 1. The van der Waals surface area contributed by atoms with Crippen molar-refractivity contribution in [2.75, 3.05) is 0 Å². The minimum absolute atomic E-state index is 0.142. The van der Waals surface area contributed by atoms with E-state index in [-0.39, 0.29) is 6.10 Å². The monoisotopic (exact) mass is 238 g/mol. The van der Waals surface area contributed by atoms with E-state index in [1.54, 1.807) is 17.5 Å². The summed E-state index contributed by atoms with van der Waals surface area (Å²) < 4.78 is 5.74. The second-order valence-corrected chi connectivity index (χ2v) is 4.73. The topological polar surface area (TPSA) is 65.2 Å². The van der Waals surface area contributed by atoms with Gasteiger partial charge in [-0.2, -0.15) is 0 Å². The Bertz CT molecular complexity index is 400. The van der Waals surface area contributed by atoms with Gasteiger partial charge in [-0.1, -0.05) is 0 Å². The smallest absolute Gasteiger partial charge is 0.134 e. The maximum Gasteiger partial charge on any atom is 0.134 e. The fraction of sp³-hybridized carbons (Fsp3) is 0.455.